The van der Waals surface area contributed by atoms with Crippen molar-refractivity contribution in [1.29, 1.82) is 0 Å². The third-order valence-electron chi connectivity index (χ3n) is 3.22. The summed E-state index contributed by atoms with van der Waals surface area (Å²) >= 11 is 9.25. The van der Waals surface area contributed by atoms with Crippen LogP contribution in [0.1, 0.15) is 5.69 Å². The molecule has 4 aromatic heterocycles. The summed E-state index contributed by atoms with van der Waals surface area (Å²) in [6.07, 6.45) is 3.49. The van der Waals surface area contributed by atoms with Gasteiger partial charge in [-0.15, -0.1) is 21.5 Å². The van der Waals surface area contributed by atoms with Crippen LogP contribution in [-0.2, 0) is 0 Å². The molecule has 24 heavy (non-hydrogen) atoms. The molecule has 0 aliphatic heterocycles. The van der Waals surface area contributed by atoms with E-state index >= 15 is 0 Å². The number of aromatic nitrogens is 5. The van der Waals surface area contributed by atoms with Crippen LogP contribution >= 0.6 is 34.3 Å². The van der Waals surface area contributed by atoms with E-state index in [0.717, 1.165) is 36.9 Å². The molecule has 0 aliphatic rings. The standard InChI is InChI=1S/C16H10ClN5S2/c1-9-4-2-6-11(19-9)15-21-22-16(24-15)12-13(17)20-14(23-12)10-5-3-7-18-8-10/h2-8H,1H3. The van der Waals surface area contributed by atoms with Gasteiger partial charge in [-0.25, -0.2) is 4.98 Å². The average Bonchev–Trinajstić information content (AvgIpc) is 3.22. The van der Waals surface area contributed by atoms with Crippen molar-refractivity contribution in [3.63, 3.8) is 0 Å². The first kappa shape index (κ1) is 15.3. The van der Waals surface area contributed by atoms with Crippen molar-refractivity contribution in [2.45, 2.75) is 6.92 Å². The van der Waals surface area contributed by atoms with E-state index in [9.17, 15) is 0 Å². The zero-order valence-electron chi connectivity index (χ0n) is 12.5. The second kappa shape index (κ2) is 6.35. The minimum atomic E-state index is 0.429. The van der Waals surface area contributed by atoms with Crippen LogP contribution in [0.25, 0.3) is 31.2 Å². The Kier molecular flexibility index (Phi) is 4.05. The van der Waals surface area contributed by atoms with Gasteiger partial charge in [-0.05, 0) is 31.2 Å². The SMILES string of the molecule is Cc1cccc(-c2nnc(-c3sc(-c4cccnc4)nc3Cl)s2)n1. The number of pyridine rings is 2. The van der Waals surface area contributed by atoms with E-state index in [1.807, 2.05) is 37.3 Å². The fourth-order valence-electron chi connectivity index (χ4n) is 2.13. The summed E-state index contributed by atoms with van der Waals surface area (Å²) in [6.45, 7) is 1.95. The van der Waals surface area contributed by atoms with Crippen LogP contribution in [0, 0.1) is 6.92 Å². The highest BCUT2D eigenvalue weighted by Crippen LogP contribution is 2.40. The molecule has 0 aliphatic carbocycles. The molecule has 0 N–H and O–H groups in total. The molecular formula is C16H10ClN5S2. The van der Waals surface area contributed by atoms with Gasteiger partial charge in [0.05, 0.1) is 0 Å². The maximum atomic E-state index is 6.31. The highest BCUT2D eigenvalue weighted by atomic mass is 35.5. The molecule has 0 saturated carbocycles. The fraction of sp³-hybridized carbons (Fsp3) is 0.0625. The highest BCUT2D eigenvalue weighted by molar-refractivity contribution is 7.24. The monoisotopic (exact) mass is 371 g/mol. The summed E-state index contributed by atoms with van der Waals surface area (Å²) in [4.78, 5) is 13.8. The second-order valence-corrected chi connectivity index (χ2v) is 7.29. The molecule has 8 heteroatoms. The maximum Gasteiger partial charge on any atom is 0.166 e. The Labute approximate surface area is 151 Å². The predicted molar refractivity (Wildman–Crippen MR) is 97.2 cm³/mol. The Hall–Kier alpha value is -2.22. The summed E-state index contributed by atoms with van der Waals surface area (Å²) in [6, 6.07) is 9.65. The first-order valence-corrected chi connectivity index (χ1v) is 9.06. The first-order chi connectivity index (χ1) is 11.7. The van der Waals surface area contributed by atoms with E-state index in [1.165, 1.54) is 22.7 Å². The lowest BCUT2D eigenvalue weighted by Crippen LogP contribution is -1.84. The van der Waals surface area contributed by atoms with E-state index in [-0.39, 0.29) is 0 Å². The first-order valence-electron chi connectivity index (χ1n) is 7.05. The van der Waals surface area contributed by atoms with Crippen LogP contribution in [0.2, 0.25) is 5.15 Å². The number of nitrogens with zero attached hydrogens (tertiary/aromatic N) is 5. The molecule has 0 radical (unpaired) electrons. The molecule has 0 spiro atoms. The van der Waals surface area contributed by atoms with Crippen LogP contribution in [0.3, 0.4) is 0 Å². The fourth-order valence-corrected chi connectivity index (χ4v) is 4.35. The van der Waals surface area contributed by atoms with Gasteiger partial charge in [-0.1, -0.05) is 29.0 Å². The highest BCUT2D eigenvalue weighted by Gasteiger charge is 2.18. The van der Waals surface area contributed by atoms with Gasteiger partial charge in [0.25, 0.3) is 0 Å². The van der Waals surface area contributed by atoms with Crippen LogP contribution in [0.4, 0.5) is 0 Å². The number of rotatable bonds is 3. The maximum absolute atomic E-state index is 6.31. The van der Waals surface area contributed by atoms with Crippen molar-refractivity contribution in [1.82, 2.24) is 25.1 Å². The summed E-state index contributed by atoms with van der Waals surface area (Å²) in [5.41, 5.74) is 2.69. The van der Waals surface area contributed by atoms with Gasteiger partial charge < -0.3 is 0 Å². The summed E-state index contributed by atoms with van der Waals surface area (Å²) in [7, 11) is 0. The van der Waals surface area contributed by atoms with Crippen LogP contribution < -0.4 is 0 Å². The normalized spacial score (nSPS) is 10.9. The van der Waals surface area contributed by atoms with Crippen LogP contribution in [0.15, 0.2) is 42.7 Å². The van der Waals surface area contributed by atoms with Gasteiger partial charge in [-0.3, -0.25) is 9.97 Å². The average molecular weight is 372 g/mol. The molecule has 0 aromatic carbocycles. The molecule has 118 valence electrons. The molecule has 0 atom stereocenters. The van der Waals surface area contributed by atoms with Crippen molar-refractivity contribution in [2.75, 3.05) is 0 Å². The lowest BCUT2D eigenvalue weighted by atomic mass is 10.3. The summed E-state index contributed by atoms with van der Waals surface area (Å²) < 4.78 is 0. The largest absolute Gasteiger partial charge is 0.264 e. The Morgan fingerprint density at radius 2 is 1.79 bits per heavy atom. The third kappa shape index (κ3) is 2.93. The van der Waals surface area contributed by atoms with Crippen molar-refractivity contribution in [3.05, 3.63) is 53.6 Å². The molecule has 0 fully saturated rings. The number of aryl methyl sites for hydroxylation is 1. The van der Waals surface area contributed by atoms with Crippen molar-refractivity contribution >= 4 is 34.3 Å². The smallest absolute Gasteiger partial charge is 0.166 e. The zero-order chi connectivity index (χ0) is 16.5. The Morgan fingerprint density at radius 3 is 2.58 bits per heavy atom. The quantitative estimate of drug-likeness (QED) is 0.520. The van der Waals surface area contributed by atoms with E-state index in [1.54, 1.807) is 12.4 Å². The van der Waals surface area contributed by atoms with Crippen LogP contribution in [0.5, 0.6) is 0 Å². The van der Waals surface area contributed by atoms with Gasteiger partial charge in [-0.2, -0.15) is 0 Å². The molecular weight excluding hydrogens is 362 g/mol. The van der Waals surface area contributed by atoms with Gasteiger partial charge in [0.1, 0.15) is 15.6 Å². The van der Waals surface area contributed by atoms with E-state index in [2.05, 4.69) is 25.1 Å². The molecule has 5 nitrogen and oxygen atoms in total. The second-order valence-electron chi connectivity index (χ2n) is 4.96. The van der Waals surface area contributed by atoms with Gasteiger partial charge in [0, 0.05) is 23.7 Å². The predicted octanol–water partition coefficient (Wildman–Crippen LogP) is 4.75. The molecule has 0 amide bonds. The van der Waals surface area contributed by atoms with Crippen molar-refractivity contribution in [3.8, 4) is 31.2 Å². The van der Waals surface area contributed by atoms with E-state index in [4.69, 9.17) is 11.6 Å². The summed E-state index contributed by atoms with van der Waals surface area (Å²) in [5, 5.41) is 11.2. The third-order valence-corrected chi connectivity index (χ3v) is 5.81. The Balaban J connectivity index is 1.72. The molecule has 4 heterocycles. The number of hydrogen-bond donors (Lipinski definition) is 0. The zero-order valence-corrected chi connectivity index (χ0v) is 14.9. The summed E-state index contributed by atoms with van der Waals surface area (Å²) in [5.74, 6) is 0. The van der Waals surface area contributed by atoms with Crippen LogP contribution in [-0.4, -0.2) is 25.1 Å². The van der Waals surface area contributed by atoms with Crippen molar-refractivity contribution < 1.29 is 0 Å². The molecule has 0 bridgehead atoms. The van der Waals surface area contributed by atoms with Gasteiger partial charge in [0.15, 0.2) is 15.2 Å². The Morgan fingerprint density at radius 1 is 0.917 bits per heavy atom. The van der Waals surface area contributed by atoms with Gasteiger partial charge in [0.2, 0.25) is 0 Å². The lowest BCUT2D eigenvalue weighted by Gasteiger charge is -1.95. The molecule has 4 aromatic rings. The van der Waals surface area contributed by atoms with E-state index < -0.39 is 0 Å². The topological polar surface area (TPSA) is 64.5 Å². The Bertz CT molecular complexity index is 997. The number of halogens is 1. The minimum absolute atomic E-state index is 0.429. The lowest BCUT2D eigenvalue weighted by molar-refractivity contribution is 1.08. The molecule has 4 rings (SSSR count). The minimum Gasteiger partial charge on any atom is -0.264 e. The number of thiazole rings is 1. The number of hydrogen-bond acceptors (Lipinski definition) is 7. The molecule has 0 unspecified atom stereocenters. The van der Waals surface area contributed by atoms with Gasteiger partial charge >= 0.3 is 0 Å². The van der Waals surface area contributed by atoms with Crippen molar-refractivity contribution in [2.24, 2.45) is 0 Å². The van der Waals surface area contributed by atoms with E-state index in [0.29, 0.717) is 5.15 Å². The molecule has 0 saturated heterocycles.